The molecule has 1 aromatic carbocycles. The van der Waals surface area contributed by atoms with Crippen molar-refractivity contribution >= 4 is 5.78 Å². The highest BCUT2D eigenvalue weighted by Crippen LogP contribution is 2.25. The Morgan fingerprint density at radius 3 is 2.52 bits per heavy atom. The Morgan fingerprint density at radius 2 is 1.86 bits per heavy atom. The minimum absolute atomic E-state index is 0.0951. The molecular formula is C18H21NO2. The van der Waals surface area contributed by atoms with Gasteiger partial charge in [-0.25, -0.2) is 0 Å². The number of methoxy groups -OCH3 is 1. The summed E-state index contributed by atoms with van der Waals surface area (Å²) in [6.45, 7) is 7.86. The lowest BCUT2D eigenvalue weighted by Crippen LogP contribution is -2.10. The van der Waals surface area contributed by atoms with Crippen LogP contribution in [0.4, 0.5) is 0 Å². The predicted molar refractivity (Wildman–Crippen MR) is 84.2 cm³/mol. The van der Waals surface area contributed by atoms with E-state index in [2.05, 4.69) is 4.98 Å². The standard InChI is InChI=1S/C18H21NO2/c1-11-6-7-12(2)15(8-11)17(20)9-16-14(4)18(21-5)13(3)10-19-16/h6-8,10H,9H2,1-5H3. The van der Waals surface area contributed by atoms with Crippen LogP contribution in [0.25, 0.3) is 0 Å². The number of hydrogen-bond acceptors (Lipinski definition) is 3. The minimum Gasteiger partial charge on any atom is -0.496 e. The smallest absolute Gasteiger partial charge is 0.169 e. The highest BCUT2D eigenvalue weighted by atomic mass is 16.5. The van der Waals surface area contributed by atoms with Crippen molar-refractivity contribution in [3.05, 3.63) is 57.9 Å². The van der Waals surface area contributed by atoms with Gasteiger partial charge >= 0.3 is 0 Å². The zero-order valence-electron chi connectivity index (χ0n) is 13.3. The number of carbonyl (C=O) groups excluding carboxylic acids is 1. The molecule has 0 radical (unpaired) electrons. The van der Waals surface area contributed by atoms with Crippen molar-refractivity contribution in [1.29, 1.82) is 0 Å². The molecule has 0 fully saturated rings. The highest BCUT2D eigenvalue weighted by Gasteiger charge is 2.15. The molecule has 0 saturated carbocycles. The van der Waals surface area contributed by atoms with Crippen molar-refractivity contribution in [3.8, 4) is 5.75 Å². The normalized spacial score (nSPS) is 10.5. The first-order chi connectivity index (χ1) is 9.93. The number of ether oxygens (including phenoxy) is 1. The van der Waals surface area contributed by atoms with E-state index in [0.29, 0.717) is 6.42 Å². The molecule has 0 aliphatic carbocycles. The fourth-order valence-electron chi connectivity index (χ4n) is 2.53. The number of ketones is 1. The topological polar surface area (TPSA) is 39.2 Å². The van der Waals surface area contributed by atoms with Crippen molar-refractivity contribution in [2.24, 2.45) is 0 Å². The maximum atomic E-state index is 12.5. The quantitative estimate of drug-likeness (QED) is 0.802. The fourth-order valence-corrected chi connectivity index (χ4v) is 2.53. The Labute approximate surface area is 126 Å². The summed E-state index contributed by atoms with van der Waals surface area (Å²) in [6, 6.07) is 5.95. The van der Waals surface area contributed by atoms with E-state index in [-0.39, 0.29) is 5.78 Å². The van der Waals surface area contributed by atoms with Crippen LogP contribution >= 0.6 is 0 Å². The molecule has 2 rings (SSSR count). The average Bonchev–Trinajstić information content (AvgIpc) is 2.45. The number of Topliss-reactive ketones (excluding diaryl/α,β-unsaturated/α-hetero) is 1. The van der Waals surface area contributed by atoms with Crippen molar-refractivity contribution < 1.29 is 9.53 Å². The SMILES string of the molecule is COc1c(C)cnc(CC(=O)c2cc(C)ccc2C)c1C. The monoisotopic (exact) mass is 283 g/mol. The number of hydrogen-bond donors (Lipinski definition) is 0. The maximum Gasteiger partial charge on any atom is 0.169 e. The van der Waals surface area contributed by atoms with Gasteiger partial charge in [-0.05, 0) is 39.3 Å². The molecule has 0 saturated heterocycles. The van der Waals surface area contributed by atoms with E-state index in [0.717, 1.165) is 39.3 Å². The summed E-state index contributed by atoms with van der Waals surface area (Å²) >= 11 is 0. The summed E-state index contributed by atoms with van der Waals surface area (Å²) in [7, 11) is 1.64. The van der Waals surface area contributed by atoms with Gasteiger partial charge in [0.1, 0.15) is 5.75 Å². The van der Waals surface area contributed by atoms with E-state index in [1.165, 1.54) is 0 Å². The van der Waals surface area contributed by atoms with Gasteiger partial charge in [0.15, 0.2) is 5.78 Å². The van der Waals surface area contributed by atoms with Gasteiger partial charge in [-0.15, -0.1) is 0 Å². The lowest BCUT2D eigenvalue weighted by molar-refractivity contribution is 0.0991. The van der Waals surface area contributed by atoms with Crippen LogP contribution in [-0.2, 0) is 6.42 Å². The molecule has 0 spiro atoms. The Bertz CT molecular complexity index is 690. The Kier molecular flexibility index (Phi) is 4.41. The zero-order chi connectivity index (χ0) is 15.6. The molecule has 2 aromatic rings. The van der Waals surface area contributed by atoms with Crippen LogP contribution in [0.3, 0.4) is 0 Å². The molecule has 0 atom stereocenters. The molecular weight excluding hydrogens is 262 g/mol. The second-order valence-electron chi connectivity index (χ2n) is 5.46. The lowest BCUT2D eigenvalue weighted by atomic mass is 9.97. The number of nitrogens with zero attached hydrogens (tertiary/aromatic N) is 1. The van der Waals surface area contributed by atoms with Gasteiger partial charge in [0, 0.05) is 22.9 Å². The van der Waals surface area contributed by atoms with E-state index in [9.17, 15) is 4.79 Å². The van der Waals surface area contributed by atoms with Crippen molar-refractivity contribution in [2.45, 2.75) is 34.1 Å². The van der Waals surface area contributed by atoms with Crippen molar-refractivity contribution in [1.82, 2.24) is 4.98 Å². The second-order valence-corrected chi connectivity index (χ2v) is 5.46. The summed E-state index contributed by atoms with van der Waals surface area (Å²) in [6.07, 6.45) is 2.06. The molecule has 0 N–H and O–H groups in total. The number of rotatable bonds is 4. The molecule has 1 heterocycles. The molecule has 0 aliphatic heterocycles. The van der Waals surface area contributed by atoms with E-state index in [4.69, 9.17) is 4.74 Å². The Hall–Kier alpha value is -2.16. The van der Waals surface area contributed by atoms with Gasteiger partial charge in [0.05, 0.1) is 19.2 Å². The fraction of sp³-hybridized carbons (Fsp3) is 0.333. The van der Waals surface area contributed by atoms with Crippen LogP contribution in [0, 0.1) is 27.7 Å². The third-order valence-corrected chi connectivity index (χ3v) is 3.77. The largest absolute Gasteiger partial charge is 0.496 e. The zero-order valence-corrected chi connectivity index (χ0v) is 13.3. The van der Waals surface area contributed by atoms with Gasteiger partial charge in [-0.1, -0.05) is 17.7 Å². The Morgan fingerprint density at radius 1 is 1.14 bits per heavy atom. The molecule has 0 unspecified atom stereocenters. The number of pyridine rings is 1. The van der Waals surface area contributed by atoms with Gasteiger partial charge in [0.2, 0.25) is 0 Å². The Balaban J connectivity index is 2.34. The summed E-state index contributed by atoms with van der Waals surface area (Å²) in [5, 5.41) is 0. The van der Waals surface area contributed by atoms with E-state index in [1.54, 1.807) is 13.3 Å². The first kappa shape index (κ1) is 15.2. The molecule has 21 heavy (non-hydrogen) atoms. The maximum absolute atomic E-state index is 12.5. The summed E-state index contributed by atoms with van der Waals surface area (Å²) in [5.74, 6) is 0.909. The van der Waals surface area contributed by atoms with Crippen molar-refractivity contribution in [3.63, 3.8) is 0 Å². The number of benzene rings is 1. The lowest BCUT2D eigenvalue weighted by Gasteiger charge is -2.12. The van der Waals surface area contributed by atoms with E-state index < -0.39 is 0 Å². The first-order valence-electron chi connectivity index (χ1n) is 7.03. The average molecular weight is 283 g/mol. The highest BCUT2D eigenvalue weighted by molar-refractivity contribution is 5.99. The van der Waals surface area contributed by atoms with Gasteiger partial charge < -0.3 is 4.74 Å². The number of aryl methyl sites for hydroxylation is 3. The number of carbonyl (C=O) groups is 1. The molecule has 3 heteroatoms. The van der Waals surface area contributed by atoms with E-state index >= 15 is 0 Å². The van der Waals surface area contributed by atoms with Crippen LogP contribution in [0.2, 0.25) is 0 Å². The van der Waals surface area contributed by atoms with Crippen LogP contribution in [0.1, 0.15) is 38.3 Å². The van der Waals surface area contributed by atoms with Crippen LogP contribution in [-0.4, -0.2) is 17.9 Å². The second kappa shape index (κ2) is 6.08. The summed E-state index contributed by atoms with van der Waals surface area (Å²) in [5.41, 5.74) is 5.57. The van der Waals surface area contributed by atoms with Gasteiger partial charge in [-0.2, -0.15) is 0 Å². The molecule has 110 valence electrons. The summed E-state index contributed by atoms with van der Waals surface area (Å²) in [4.78, 5) is 16.9. The third-order valence-electron chi connectivity index (χ3n) is 3.77. The van der Waals surface area contributed by atoms with Crippen LogP contribution < -0.4 is 4.74 Å². The minimum atomic E-state index is 0.0951. The van der Waals surface area contributed by atoms with Gasteiger partial charge in [0.25, 0.3) is 0 Å². The summed E-state index contributed by atoms with van der Waals surface area (Å²) < 4.78 is 5.40. The number of aromatic nitrogens is 1. The molecule has 0 amide bonds. The molecule has 0 aliphatic rings. The molecule has 1 aromatic heterocycles. The molecule has 3 nitrogen and oxygen atoms in total. The van der Waals surface area contributed by atoms with E-state index in [1.807, 2.05) is 45.9 Å². The van der Waals surface area contributed by atoms with Crippen molar-refractivity contribution in [2.75, 3.05) is 7.11 Å². The molecule has 0 bridgehead atoms. The third kappa shape index (κ3) is 3.13. The van der Waals surface area contributed by atoms with Crippen LogP contribution in [0.5, 0.6) is 5.75 Å². The predicted octanol–water partition coefficient (Wildman–Crippen LogP) is 3.75. The van der Waals surface area contributed by atoms with Gasteiger partial charge in [-0.3, -0.25) is 9.78 Å². The first-order valence-corrected chi connectivity index (χ1v) is 7.03. The van der Waals surface area contributed by atoms with Crippen LogP contribution in [0.15, 0.2) is 24.4 Å².